The monoisotopic (exact) mass is 164 g/mol. The fourth-order valence-electron chi connectivity index (χ4n) is 0.593. The molecular formula is C6H6ClFO2. The molecule has 0 atom stereocenters. The second kappa shape index (κ2) is 2.92. The molecule has 0 saturated heterocycles. The third kappa shape index (κ3) is 1.09. The molecule has 56 valence electrons. The van der Waals surface area contributed by atoms with Gasteiger partial charge in [-0.15, -0.1) is 11.6 Å². The van der Waals surface area contributed by atoms with Gasteiger partial charge in [-0.25, -0.2) is 0 Å². The zero-order chi connectivity index (χ0) is 7.56. The summed E-state index contributed by atoms with van der Waals surface area (Å²) in [6.45, 7) is 0. The maximum Gasteiger partial charge on any atom is 0.207 e. The molecule has 0 amide bonds. The van der Waals surface area contributed by atoms with E-state index in [1.165, 1.54) is 13.4 Å². The van der Waals surface area contributed by atoms with Crippen molar-refractivity contribution >= 4 is 11.6 Å². The molecule has 0 bridgehead atoms. The van der Waals surface area contributed by atoms with Crippen molar-refractivity contribution in [3.05, 3.63) is 17.8 Å². The molecular weight excluding hydrogens is 159 g/mol. The Morgan fingerprint density at radius 2 is 2.50 bits per heavy atom. The maximum absolute atomic E-state index is 12.7. The molecule has 0 aliphatic rings. The fraction of sp³-hybridized carbons (Fsp3) is 0.333. The lowest BCUT2D eigenvalue weighted by Gasteiger charge is -1.90. The van der Waals surface area contributed by atoms with Gasteiger partial charge in [-0.05, 0) is 0 Å². The molecule has 1 heterocycles. The molecule has 0 fully saturated rings. The second-order valence-corrected chi connectivity index (χ2v) is 1.94. The van der Waals surface area contributed by atoms with E-state index in [1.54, 1.807) is 0 Å². The predicted octanol–water partition coefficient (Wildman–Crippen LogP) is 2.17. The molecule has 2 nitrogen and oxygen atoms in total. The lowest BCUT2D eigenvalue weighted by molar-refractivity contribution is 0.387. The van der Waals surface area contributed by atoms with Crippen molar-refractivity contribution < 1.29 is 13.5 Å². The smallest absolute Gasteiger partial charge is 0.207 e. The maximum atomic E-state index is 12.7. The third-order valence-corrected chi connectivity index (χ3v) is 1.35. The van der Waals surface area contributed by atoms with Crippen molar-refractivity contribution in [1.82, 2.24) is 0 Å². The minimum Gasteiger partial charge on any atom is -0.491 e. The van der Waals surface area contributed by atoms with Gasteiger partial charge in [0, 0.05) is 0 Å². The van der Waals surface area contributed by atoms with Crippen LogP contribution in [-0.2, 0) is 5.88 Å². The number of methoxy groups -OCH3 is 1. The number of halogens is 2. The lowest BCUT2D eigenvalue weighted by Crippen LogP contribution is -1.84. The van der Waals surface area contributed by atoms with E-state index in [0.717, 1.165) is 0 Å². The van der Waals surface area contributed by atoms with Crippen molar-refractivity contribution in [3.63, 3.8) is 0 Å². The van der Waals surface area contributed by atoms with Crippen LogP contribution in [-0.4, -0.2) is 7.11 Å². The molecule has 1 aromatic rings. The number of rotatable bonds is 2. The zero-order valence-electron chi connectivity index (χ0n) is 5.36. The van der Waals surface area contributed by atoms with Crippen LogP contribution in [0.1, 0.15) is 5.76 Å². The number of ether oxygens (including phenoxy) is 1. The zero-order valence-corrected chi connectivity index (χ0v) is 6.11. The van der Waals surface area contributed by atoms with Crippen LogP contribution in [0.2, 0.25) is 0 Å². The van der Waals surface area contributed by atoms with Crippen LogP contribution in [0.3, 0.4) is 0 Å². The molecule has 0 aromatic carbocycles. The SMILES string of the molecule is COc1coc(CCl)c1F. The van der Waals surface area contributed by atoms with Crippen molar-refractivity contribution in [2.45, 2.75) is 5.88 Å². The molecule has 10 heavy (non-hydrogen) atoms. The third-order valence-electron chi connectivity index (χ3n) is 1.11. The summed E-state index contributed by atoms with van der Waals surface area (Å²) in [5, 5.41) is 0. The van der Waals surface area contributed by atoms with Crippen LogP contribution in [0.5, 0.6) is 5.75 Å². The number of hydrogen-bond acceptors (Lipinski definition) is 2. The van der Waals surface area contributed by atoms with Gasteiger partial charge >= 0.3 is 0 Å². The highest BCUT2D eigenvalue weighted by atomic mass is 35.5. The van der Waals surface area contributed by atoms with Gasteiger partial charge in [0.25, 0.3) is 0 Å². The molecule has 0 aliphatic carbocycles. The standard InChI is InChI=1S/C6H6ClFO2/c1-9-5-3-10-4(2-7)6(5)8/h3H,2H2,1H3. The van der Waals surface area contributed by atoms with Gasteiger partial charge < -0.3 is 9.15 Å². The molecule has 0 unspecified atom stereocenters. The van der Waals surface area contributed by atoms with Crippen molar-refractivity contribution in [1.29, 1.82) is 0 Å². The number of furan rings is 1. The summed E-state index contributed by atoms with van der Waals surface area (Å²) in [5.41, 5.74) is 0. The molecule has 4 heteroatoms. The Labute approximate surface area is 62.5 Å². The van der Waals surface area contributed by atoms with E-state index in [1.807, 2.05) is 0 Å². The van der Waals surface area contributed by atoms with Crippen LogP contribution in [0.15, 0.2) is 10.7 Å². The average Bonchev–Trinajstić information content (AvgIpc) is 2.30. The van der Waals surface area contributed by atoms with E-state index in [2.05, 4.69) is 4.74 Å². The van der Waals surface area contributed by atoms with E-state index in [9.17, 15) is 4.39 Å². The van der Waals surface area contributed by atoms with E-state index >= 15 is 0 Å². The Kier molecular flexibility index (Phi) is 2.17. The Balaban J connectivity index is 2.97. The summed E-state index contributed by atoms with van der Waals surface area (Å²) < 4.78 is 22.0. The normalized spacial score (nSPS) is 9.90. The highest BCUT2D eigenvalue weighted by molar-refractivity contribution is 6.16. The van der Waals surface area contributed by atoms with E-state index in [4.69, 9.17) is 16.0 Å². The van der Waals surface area contributed by atoms with Crippen LogP contribution in [0.4, 0.5) is 4.39 Å². The molecule has 0 radical (unpaired) electrons. The van der Waals surface area contributed by atoms with E-state index in [-0.39, 0.29) is 17.4 Å². The minimum absolute atomic E-state index is 0.0230. The van der Waals surface area contributed by atoms with E-state index in [0.29, 0.717) is 0 Å². The first-order valence-corrected chi connectivity index (χ1v) is 3.19. The minimum atomic E-state index is -0.516. The van der Waals surface area contributed by atoms with Crippen LogP contribution < -0.4 is 4.74 Å². The average molecular weight is 165 g/mol. The summed E-state index contributed by atoms with van der Waals surface area (Å²) in [4.78, 5) is 0. The largest absolute Gasteiger partial charge is 0.491 e. The Hall–Kier alpha value is -0.700. The molecule has 1 aromatic heterocycles. The van der Waals surface area contributed by atoms with E-state index < -0.39 is 5.82 Å². The second-order valence-electron chi connectivity index (χ2n) is 1.67. The number of alkyl halides is 1. The van der Waals surface area contributed by atoms with Gasteiger partial charge in [-0.1, -0.05) is 0 Å². The lowest BCUT2D eigenvalue weighted by atomic mass is 10.4. The molecule has 1 rings (SSSR count). The van der Waals surface area contributed by atoms with Crippen LogP contribution in [0, 0.1) is 5.82 Å². The summed E-state index contributed by atoms with van der Waals surface area (Å²) in [7, 11) is 1.37. The predicted molar refractivity (Wildman–Crippen MR) is 34.8 cm³/mol. The highest BCUT2D eigenvalue weighted by Crippen LogP contribution is 2.23. The first-order chi connectivity index (χ1) is 4.79. The van der Waals surface area contributed by atoms with Gasteiger partial charge in [0.1, 0.15) is 6.26 Å². The first-order valence-electron chi connectivity index (χ1n) is 2.65. The van der Waals surface area contributed by atoms with Crippen LogP contribution in [0.25, 0.3) is 0 Å². The van der Waals surface area contributed by atoms with Gasteiger partial charge in [0.05, 0.1) is 13.0 Å². The Morgan fingerprint density at radius 3 is 2.80 bits per heavy atom. The first kappa shape index (κ1) is 7.41. The van der Waals surface area contributed by atoms with Crippen molar-refractivity contribution in [2.24, 2.45) is 0 Å². The summed E-state index contributed by atoms with van der Waals surface area (Å²) >= 11 is 5.31. The van der Waals surface area contributed by atoms with Gasteiger partial charge in [-0.2, -0.15) is 4.39 Å². The Bertz CT molecular complexity index is 200. The Morgan fingerprint density at radius 1 is 1.80 bits per heavy atom. The quantitative estimate of drug-likeness (QED) is 0.625. The molecule has 0 aliphatic heterocycles. The topological polar surface area (TPSA) is 22.4 Å². The van der Waals surface area contributed by atoms with Gasteiger partial charge in [-0.3, -0.25) is 0 Å². The van der Waals surface area contributed by atoms with Gasteiger partial charge in [0.15, 0.2) is 11.5 Å². The summed E-state index contributed by atoms with van der Waals surface area (Å²) in [6.07, 6.45) is 1.19. The summed E-state index contributed by atoms with van der Waals surface area (Å²) in [6, 6.07) is 0. The molecule has 0 spiro atoms. The van der Waals surface area contributed by atoms with Crippen molar-refractivity contribution in [2.75, 3.05) is 7.11 Å². The van der Waals surface area contributed by atoms with Gasteiger partial charge in [0.2, 0.25) is 5.82 Å². The highest BCUT2D eigenvalue weighted by Gasteiger charge is 2.11. The fourth-order valence-corrected chi connectivity index (χ4v) is 0.774. The van der Waals surface area contributed by atoms with Crippen LogP contribution >= 0.6 is 11.6 Å². The molecule has 0 N–H and O–H groups in total. The molecule has 0 saturated carbocycles. The van der Waals surface area contributed by atoms with Crippen molar-refractivity contribution in [3.8, 4) is 5.75 Å². The number of hydrogen-bond donors (Lipinski definition) is 0. The summed E-state index contributed by atoms with van der Waals surface area (Å²) in [5.74, 6) is -0.290.